The van der Waals surface area contributed by atoms with E-state index in [0.717, 1.165) is 30.5 Å². The second-order valence-corrected chi connectivity index (χ2v) is 6.55. The number of ether oxygens (including phenoxy) is 1. The van der Waals surface area contributed by atoms with Gasteiger partial charge in [-0.25, -0.2) is 4.79 Å². The average Bonchev–Trinajstić information content (AvgIpc) is 2.81. The number of aromatic carboxylic acids is 1. The Bertz CT molecular complexity index is 1050. The molecule has 4 rings (SSSR count). The van der Waals surface area contributed by atoms with E-state index in [4.69, 9.17) is 40.5 Å². The van der Waals surface area contributed by atoms with E-state index in [1.165, 1.54) is 24.3 Å². The molecular weight excluding hydrogens is 448 g/mol. The van der Waals surface area contributed by atoms with E-state index in [1.807, 2.05) is 13.8 Å². The number of phenols is 7. The van der Waals surface area contributed by atoms with Crippen LogP contribution in [0, 0.1) is 0 Å². The third-order valence-corrected chi connectivity index (χ3v) is 4.20. The van der Waals surface area contributed by atoms with E-state index in [2.05, 4.69) is 0 Å². The van der Waals surface area contributed by atoms with Crippen LogP contribution in [0.3, 0.4) is 0 Å². The Morgan fingerprint density at radius 1 is 0.765 bits per heavy atom. The molecule has 1 heterocycles. The first-order chi connectivity index (χ1) is 16.1. The summed E-state index contributed by atoms with van der Waals surface area (Å²) in [5.41, 5.74) is 0.516. The first-order valence-electron chi connectivity index (χ1n) is 10.2. The maximum absolute atomic E-state index is 10.3. The van der Waals surface area contributed by atoms with E-state index in [1.54, 1.807) is 12.1 Å². The largest absolute Gasteiger partial charge is 0.508 e. The van der Waals surface area contributed by atoms with Gasteiger partial charge in [0.2, 0.25) is 0 Å². The minimum Gasteiger partial charge on any atom is -0.508 e. The highest BCUT2D eigenvalue weighted by Gasteiger charge is 2.15. The molecule has 0 aliphatic carbocycles. The van der Waals surface area contributed by atoms with Crippen molar-refractivity contribution in [3.8, 4) is 46.0 Å². The van der Waals surface area contributed by atoms with Crippen LogP contribution in [0.15, 0.2) is 48.5 Å². The van der Waals surface area contributed by atoms with Gasteiger partial charge in [0.1, 0.15) is 17.2 Å². The summed E-state index contributed by atoms with van der Waals surface area (Å²) in [7, 11) is 0. The highest BCUT2D eigenvalue weighted by atomic mass is 16.5. The van der Waals surface area contributed by atoms with Gasteiger partial charge in [-0.15, -0.1) is 0 Å². The fourth-order valence-corrected chi connectivity index (χ4v) is 2.62. The van der Waals surface area contributed by atoms with E-state index < -0.39 is 23.2 Å². The molecule has 10 heteroatoms. The van der Waals surface area contributed by atoms with Crippen molar-refractivity contribution in [1.82, 2.24) is 0 Å². The lowest BCUT2D eigenvalue weighted by molar-refractivity contribution is 0.0695. The molecule has 0 unspecified atom stereocenters. The molecule has 34 heavy (non-hydrogen) atoms. The van der Waals surface area contributed by atoms with Crippen LogP contribution in [0.1, 0.15) is 36.2 Å². The van der Waals surface area contributed by atoms with E-state index in [0.29, 0.717) is 12.4 Å². The smallest absolute Gasteiger partial charge is 0.335 e. The number of hydrogen-bond donors (Lipinski definition) is 8. The van der Waals surface area contributed by atoms with Gasteiger partial charge in [0.15, 0.2) is 28.7 Å². The summed E-state index contributed by atoms with van der Waals surface area (Å²) in [4.78, 5) is 10.3. The Labute approximate surface area is 195 Å². The van der Waals surface area contributed by atoms with Gasteiger partial charge in [-0.1, -0.05) is 26.0 Å². The molecule has 0 saturated carbocycles. The Balaban J connectivity index is 0.000000251. The maximum atomic E-state index is 10.3. The number of carbonyl (C=O) groups is 1. The number of carboxylic acid groups (broad SMARTS) is 1. The van der Waals surface area contributed by atoms with E-state index in [-0.39, 0.29) is 28.6 Å². The molecule has 0 radical (unpaired) electrons. The highest BCUT2D eigenvalue weighted by Crippen LogP contribution is 2.36. The van der Waals surface area contributed by atoms with Crippen molar-refractivity contribution in [2.75, 3.05) is 6.61 Å². The Kier molecular flexibility index (Phi) is 10.7. The average molecular weight is 476 g/mol. The Morgan fingerprint density at radius 2 is 1.29 bits per heavy atom. The molecule has 0 spiro atoms. The molecule has 3 aromatic carbocycles. The lowest BCUT2D eigenvalue weighted by Crippen LogP contribution is -2.07. The van der Waals surface area contributed by atoms with Gasteiger partial charge in [-0.05, 0) is 37.1 Å². The molecule has 1 aliphatic rings. The number of carboxylic acids is 1. The zero-order chi connectivity index (χ0) is 25.8. The number of phenolic OH excluding ortho intramolecular Hbond substituents is 7. The summed E-state index contributed by atoms with van der Waals surface area (Å²) >= 11 is 0. The predicted molar refractivity (Wildman–Crippen MR) is 123 cm³/mol. The molecule has 8 N–H and O–H groups in total. The molecule has 184 valence electrons. The standard InChI is InChI=1S/C9H10O3.C7H6O5.C6H6O2.C2H6/c10-6-4-8(11)7-2-1-3-12-9(7)5-6;8-4-1-3(7(11)12)2-5(9)6(4)10;7-5-3-1-2-4-6(5)8;1-2/h4-5,10-11H,1-3H2;1-2,8-10H,(H,11,12);1-4,7-8H;1-2H3. The lowest BCUT2D eigenvalue weighted by atomic mass is 10.1. The van der Waals surface area contributed by atoms with Gasteiger partial charge in [0, 0.05) is 17.7 Å². The first-order valence-corrected chi connectivity index (χ1v) is 10.2. The van der Waals surface area contributed by atoms with Crippen LogP contribution >= 0.6 is 0 Å². The molecule has 0 fully saturated rings. The zero-order valence-electron chi connectivity index (χ0n) is 18.6. The summed E-state index contributed by atoms with van der Waals surface area (Å²) in [6.45, 7) is 4.66. The summed E-state index contributed by atoms with van der Waals surface area (Å²) in [5.74, 6) is -2.70. The second-order valence-electron chi connectivity index (χ2n) is 6.55. The van der Waals surface area contributed by atoms with E-state index in [9.17, 15) is 9.90 Å². The van der Waals surface area contributed by atoms with E-state index >= 15 is 0 Å². The SMILES string of the molecule is CC.O=C(O)c1cc(O)c(O)c(O)c1.Oc1cc(O)c2c(c1)OCCC2.Oc1ccccc1O. The minimum atomic E-state index is -1.29. The monoisotopic (exact) mass is 476 g/mol. The van der Waals surface area contributed by atoms with Crippen LogP contribution in [0.5, 0.6) is 46.0 Å². The van der Waals surface area contributed by atoms with Crippen molar-refractivity contribution >= 4 is 5.97 Å². The van der Waals surface area contributed by atoms with Gasteiger partial charge in [-0.2, -0.15) is 0 Å². The molecule has 0 bridgehead atoms. The maximum Gasteiger partial charge on any atom is 0.335 e. The summed E-state index contributed by atoms with van der Waals surface area (Å²) in [5, 5.41) is 70.8. The molecular formula is C24H28O10. The number of rotatable bonds is 1. The van der Waals surface area contributed by atoms with Gasteiger partial charge >= 0.3 is 5.97 Å². The van der Waals surface area contributed by atoms with Crippen molar-refractivity contribution in [1.29, 1.82) is 0 Å². The summed E-state index contributed by atoms with van der Waals surface area (Å²) < 4.78 is 5.27. The topological polar surface area (TPSA) is 188 Å². The molecule has 10 nitrogen and oxygen atoms in total. The molecule has 3 aromatic rings. The number of aromatic hydroxyl groups is 7. The number of para-hydroxylation sites is 2. The van der Waals surface area contributed by atoms with Gasteiger partial charge in [0.05, 0.1) is 12.2 Å². The molecule has 1 aliphatic heterocycles. The molecule has 0 aromatic heterocycles. The van der Waals surface area contributed by atoms with Crippen LogP contribution in [0.4, 0.5) is 0 Å². The Hall–Kier alpha value is -4.47. The first kappa shape index (κ1) is 27.6. The third kappa shape index (κ3) is 7.90. The predicted octanol–water partition coefficient (Wildman–Crippen LogP) is 4.05. The van der Waals surface area contributed by atoms with Gasteiger partial charge in [-0.3, -0.25) is 0 Å². The highest BCUT2D eigenvalue weighted by molar-refractivity contribution is 5.89. The van der Waals surface area contributed by atoms with Crippen molar-refractivity contribution < 1.29 is 50.4 Å². The number of benzene rings is 3. The fourth-order valence-electron chi connectivity index (χ4n) is 2.62. The van der Waals surface area contributed by atoms with Crippen molar-refractivity contribution in [3.63, 3.8) is 0 Å². The van der Waals surface area contributed by atoms with Crippen LogP contribution in [-0.4, -0.2) is 53.4 Å². The molecule has 0 saturated heterocycles. The van der Waals surface area contributed by atoms with Gasteiger partial charge in [0.25, 0.3) is 0 Å². The molecule has 0 atom stereocenters. The van der Waals surface area contributed by atoms with Crippen molar-refractivity contribution in [2.24, 2.45) is 0 Å². The number of fused-ring (bicyclic) bond motifs is 1. The van der Waals surface area contributed by atoms with Crippen LogP contribution in [0.2, 0.25) is 0 Å². The fraction of sp³-hybridized carbons (Fsp3) is 0.208. The summed E-state index contributed by atoms with van der Waals surface area (Å²) in [6.07, 6.45) is 1.74. The number of hydrogen-bond acceptors (Lipinski definition) is 9. The van der Waals surface area contributed by atoms with Crippen molar-refractivity contribution in [2.45, 2.75) is 26.7 Å². The normalized spacial score (nSPS) is 11.0. The molecule has 0 amide bonds. The Morgan fingerprint density at radius 3 is 1.76 bits per heavy atom. The minimum absolute atomic E-state index is 0.0492. The lowest BCUT2D eigenvalue weighted by Gasteiger charge is -2.17. The van der Waals surface area contributed by atoms with Crippen LogP contribution in [0.25, 0.3) is 0 Å². The van der Waals surface area contributed by atoms with Crippen molar-refractivity contribution in [3.05, 3.63) is 59.7 Å². The third-order valence-electron chi connectivity index (χ3n) is 4.20. The summed E-state index contributed by atoms with van der Waals surface area (Å²) in [6, 6.07) is 10.7. The van der Waals surface area contributed by atoms with Crippen LogP contribution in [-0.2, 0) is 6.42 Å². The van der Waals surface area contributed by atoms with Crippen LogP contribution < -0.4 is 4.74 Å². The quantitative estimate of drug-likeness (QED) is 0.238. The zero-order valence-corrected chi connectivity index (χ0v) is 18.6. The second kappa shape index (κ2) is 13.2. The van der Waals surface area contributed by atoms with Gasteiger partial charge < -0.3 is 45.6 Å².